The van der Waals surface area contributed by atoms with Crippen molar-refractivity contribution in [1.82, 2.24) is 10.2 Å². The summed E-state index contributed by atoms with van der Waals surface area (Å²) in [5.41, 5.74) is 14.7. The van der Waals surface area contributed by atoms with Gasteiger partial charge in [0.2, 0.25) is 5.91 Å². The van der Waals surface area contributed by atoms with Gasteiger partial charge in [0, 0.05) is 44.0 Å². The van der Waals surface area contributed by atoms with Gasteiger partial charge in [-0.2, -0.15) is 5.26 Å². The number of carbonyl (C=O) groups is 5. The molecule has 3 aliphatic rings. The summed E-state index contributed by atoms with van der Waals surface area (Å²) in [4.78, 5) is 71.9. The number of likely N-dealkylation sites (N-methyl/N-ethyl adjacent to an activating group) is 1. The highest BCUT2D eigenvalue weighted by Crippen LogP contribution is 2.57. The van der Waals surface area contributed by atoms with E-state index in [1.54, 1.807) is 31.1 Å². The summed E-state index contributed by atoms with van der Waals surface area (Å²) in [6, 6.07) is 11.6. The number of carbonyl (C=O) groups excluding carboxylic acids is 5. The summed E-state index contributed by atoms with van der Waals surface area (Å²) in [6.07, 6.45) is -0.597. The van der Waals surface area contributed by atoms with E-state index in [4.69, 9.17) is 17.2 Å². The number of benzene rings is 2. The topological polar surface area (TPSA) is 226 Å². The number of hydrogen-bond donors (Lipinski definition) is 5. The van der Waals surface area contributed by atoms with E-state index in [1.807, 2.05) is 30.3 Å². The molecule has 5 rings (SSSR count). The number of aromatic hydroxyl groups is 1. The molecule has 0 aliphatic heterocycles. The number of Topliss-reactive ketones (excluding diaryl/α,β-unsaturated/α-hetero) is 4. The number of hydrogen-bond acceptors (Lipinski definition) is 12. The molecule has 2 fully saturated rings. The SMILES string of the molecule is CN(C)c1cc(CNCc2ccccc2)c(O)c2c1C[C@@]1(N)C[C@@]3(N)[C@H](N(C)C)C(=O)C(C(N)=O)C(=O)[C@@]3(C#N)C(=O)C1C2=O. The Bertz CT molecular complexity index is 1680. The van der Waals surface area contributed by atoms with E-state index in [0.717, 1.165) is 5.56 Å². The van der Waals surface area contributed by atoms with Crippen LogP contribution in [-0.2, 0) is 38.7 Å². The Morgan fingerprint density at radius 3 is 2.27 bits per heavy atom. The van der Waals surface area contributed by atoms with Crippen LogP contribution in [0.1, 0.15) is 33.5 Å². The third kappa shape index (κ3) is 4.39. The molecule has 2 saturated carbocycles. The Kier molecular flexibility index (Phi) is 7.70. The molecule has 0 heterocycles. The number of amides is 1. The molecule has 236 valence electrons. The fourth-order valence-corrected chi connectivity index (χ4v) is 7.78. The van der Waals surface area contributed by atoms with Crippen LogP contribution < -0.4 is 27.4 Å². The molecule has 45 heavy (non-hydrogen) atoms. The van der Waals surface area contributed by atoms with Crippen LogP contribution in [0.2, 0.25) is 0 Å². The third-order valence-corrected chi connectivity index (χ3v) is 9.62. The van der Waals surface area contributed by atoms with Crippen LogP contribution >= 0.6 is 0 Å². The second kappa shape index (κ2) is 10.8. The van der Waals surface area contributed by atoms with Crippen LogP contribution in [0.5, 0.6) is 5.75 Å². The number of nitrogens with zero attached hydrogens (tertiary/aromatic N) is 3. The maximum atomic E-state index is 14.6. The van der Waals surface area contributed by atoms with E-state index in [-0.39, 0.29) is 24.3 Å². The highest BCUT2D eigenvalue weighted by Gasteiger charge is 2.78. The van der Waals surface area contributed by atoms with E-state index in [2.05, 4.69) is 5.32 Å². The third-order valence-electron chi connectivity index (χ3n) is 9.62. The molecule has 8 N–H and O–H groups in total. The molecule has 1 amide bonds. The van der Waals surface area contributed by atoms with Gasteiger partial charge in [-0.15, -0.1) is 0 Å². The summed E-state index contributed by atoms with van der Waals surface area (Å²) in [5, 5.41) is 25.3. The summed E-state index contributed by atoms with van der Waals surface area (Å²) >= 11 is 0. The molecule has 13 heteroatoms. The van der Waals surface area contributed by atoms with Gasteiger partial charge in [-0.05, 0) is 44.1 Å². The largest absolute Gasteiger partial charge is 0.507 e. The number of fused-ring (bicyclic) bond motifs is 3. The first-order valence-corrected chi connectivity index (χ1v) is 14.5. The van der Waals surface area contributed by atoms with Crippen molar-refractivity contribution in [2.75, 3.05) is 33.1 Å². The molecule has 2 unspecified atom stereocenters. The summed E-state index contributed by atoms with van der Waals surface area (Å²) < 4.78 is 0. The van der Waals surface area contributed by atoms with Gasteiger partial charge in [0.1, 0.15) is 11.7 Å². The van der Waals surface area contributed by atoms with Crippen LogP contribution in [0.3, 0.4) is 0 Å². The highest BCUT2D eigenvalue weighted by molar-refractivity contribution is 6.33. The smallest absolute Gasteiger partial charge is 0.235 e. The summed E-state index contributed by atoms with van der Waals surface area (Å²) in [6.45, 7) is 0.655. The monoisotopic (exact) mass is 615 g/mol. The minimum Gasteiger partial charge on any atom is -0.507 e. The lowest BCUT2D eigenvalue weighted by Crippen LogP contribution is -2.85. The second-order valence-electron chi connectivity index (χ2n) is 12.9. The van der Waals surface area contributed by atoms with Crippen LogP contribution in [0.25, 0.3) is 0 Å². The molecule has 2 aromatic rings. The first-order valence-electron chi connectivity index (χ1n) is 14.5. The van der Waals surface area contributed by atoms with Crippen LogP contribution in [-0.4, -0.2) is 84.4 Å². The van der Waals surface area contributed by atoms with E-state index in [0.29, 0.717) is 23.4 Å². The fraction of sp³-hybridized carbons (Fsp3) is 0.438. The maximum absolute atomic E-state index is 14.6. The molecule has 0 spiro atoms. The predicted octanol–water partition coefficient (Wildman–Crippen LogP) is -0.836. The molecule has 13 nitrogen and oxygen atoms in total. The Balaban J connectivity index is 1.66. The van der Waals surface area contributed by atoms with Gasteiger partial charge < -0.3 is 32.5 Å². The van der Waals surface area contributed by atoms with Crippen molar-refractivity contribution in [2.24, 2.45) is 34.5 Å². The summed E-state index contributed by atoms with van der Waals surface area (Å²) in [7, 11) is 6.44. The molecular formula is C32H37N7O6. The van der Waals surface area contributed by atoms with Crippen molar-refractivity contribution in [2.45, 2.75) is 43.1 Å². The number of nitriles is 1. The van der Waals surface area contributed by atoms with Gasteiger partial charge in [0.15, 0.2) is 34.5 Å². The van der Waals surface area contributed by atoms with Crippen LogP contribution in [0, 0.1) is 28.6 Å². The zero-order valence-electron chi connectivity index (χ0n) is 25.6. The van der Waals surface area contributed by atoms with Gasteiger partial charge in [0.25, 0.3) is 0 Å². The lowest BCUT2D eigenvalue weighted by molar-refractivity contribution is -0.166. The van der Waals surface area contributed by atoms with E-state index < -0.39 is 69.8 Å². The minimum atomic E-state index is -2.79. The van der Waals surface area contributed by atoms with E-state index in [1.165, 1.54) is 19.0 Å². The average Bonchev–Trinajstić information content (AvgIpc) is 2.93. The number of phenolic OH excluding ortho intramolecular Hbond substituents is 1. The fourth-order valence-electron chi connectivity index (χ4n) is 7.78. The highest BCUT2D eigenvalue weighted by atomic mass is 16.3. The summed E-state index contributed by atoms with van der Waals surface area (Å²) in [5.74, 6) is -9.94. The molecule has 6 atom stereocenters. The van der Waals surface area contributed by atoms with Crippen molar-refractivity contribution < 1.29 is 29.1 Å². The van der Waals surface area contributed by atoms with E-state index >= 15 is 0 Å². The van der Waals surface area contributed by atoms with Crippen molar-refractivity contribution in [1.29, 1.82) is 5.26 Å². The standard InChI is InChI=1S/C32H37N7O6/c1-38(2)19-10-17(13-37-12-16-8-6-5-7-9-16)23(40)20-18(19)11-30(35)14-32(36)26(39(3)4)25(42)21(29(34)45)27(43)31(32,15-33)28(44)22(30)24(20)41/h5-10,21-22,26,37,40H,11-14,35-36H2,1-4H3,(H2,34,45)/t21?,22?,26-,30-,31+,32-/m1/s1. The van der Waals surface area contributed by atoms with Gasteiger partial charge in [-0.25, -0.2) is 0 Å². The Morgan fingerprint density at radius 1 is 1.07 bits per heavy atom. The lowest BCUT2D eigenvalue weighted by atomic mass is 9.42. The molecule has 2 aromatic carbocycles. The Labute approximate surface area is 260 Å². The number of rotatable bonds is 7. The van der Waals surface area contributed by atoms with Gasteiger partial charge in [-0.3, -0.25) is 28.9 Å². The number of nitrogens with one attached hydrogen (secondary N) is 1. The molecule has 0 saturated heterocycles. The predicted molar refractivity (Wildman–Crippen MR) is 163 cm³/mol. The first kappa shape index (κ1) is 31.9. The molecule has 0 aromatic heterocycles. The number of anilines is 1. The van der Waals surface area contributed by atoms with Gasteiger partial charge in [-0.1, -0.05) is 30.3 Å². The number of phenols is 1. The van der Waals surface area contributed by atoms with Crippen LogP contribution in [0.4, 0.5) is 5.69 Å². The van der Waals surface area contributed by atoms with Crippen molar-refractivity contribution in [3.05, 3.63) is 58.7 Å². The van der Waals surface area contributed by atoms with Gasteiger partial charge in [0.05, 0.1) is 23.2 Å². The Hall–Kier alpha value is -4.48. The lowest BCUT2D eigenvalue weighted by Gasteiger charge is -2.60. The average molecular weight is 616 g/mol. The molecule has 0 radical (unpaired) electrons. The van der Waals surface area contributed by atoms with Crippen molar-refractivity contribution in [3.8, 4) is 11.8 Å². The number of nitrogens with two attached hydrogens (primary N) is 3. The zero-order chi connectivity index (χ0) is 33.2. The molecular weight excluding hydrogens is 578 g/mol. The van der Waals surface area contributed by atoms with Crippen LogP contribution in [0.15, 0.2) is 36.4 Å². The second-order valence-corrected chi connectivity index (χ2v) is 12.9. The first-order chi connectivity index (χ1) is 21.1. The maximum Gasteiger partial charge on any atom is 0.235 e. The molecule has 3 aliphatic carbocycles. The van der Waals surface area contributed by atoms with Crippen molar-refractivity contribution >= 4 is 34.7 Å². The van der Waals surface area contributed by atoms with Gasteiger partial charge >= 0.3 is 0 Å². The molecule has 0 bridgehead atoms. The zero-order valence-corrected chi connectivity index (χ0v) is 25.6. The normalized spacial score (nSPS) is 30.8. The number of primary amides is 1. The van der Waals surface area contributed by atoms with E-state index in [9.17, 15) is 34.3 Å². The van der Waals surface area contributed by atoms with Crippen molar-refractivity contribution in [3.63, 3.8) is 0 Å². The number of ketones is 4. The quantitative estimate of drug-likeness (QED) is 0.241. The Morgan fingerprint density at radius 2 is 1.71 bits per heavy atom. The minimum absolute atomic E-state index is 0.133.